The summed E-state index contributed by atoms with van der Waals surface area (Å²) < 4.78 is 0. The topological polar surface area (TPSA) is 34.1 Å². The number of rotatable bonds is 0. The number of benzene rings is 1. The molecule has 16 heavy (non-hydrogen) atoms. The van der Waals surface area contributed by atoms with Gasteiger partial charge in [0.2, 0.25) is 0 Å². The van der Waals surface area contributed by atoms with Crippen LogP contribution in [0.2, 0.25) is 0 Å². The number of hydrogen-bond donors (Lipinski definition) is 0. The smallest absolute Gasteiger partial charge is 0.159 e. The van der Waals surface area contributed by atoms with Crippen LogP contribution < -0.4 is 0 Å². The third-order valence-electron chi connectivity index (χ3n) is 3.63. The summed E-state index contributed by atoms with van der Waals surface area (Å²) >= 11 is 0. The minimum Gasteiger partial charge on any atom is -0.295 e. The lowest BCUT2D eigenvalue weighted by Crippen LogP contribution is -2.38. The number of fused-ring (bicyclic) bond motifs is 2. The van der Waals surface area contributed by atoms with E-state index in [1.165, 1.54) is 23.3 Å². The zero-order chi connectivity index (χ0) is 11.1. The Morgan fingerprint density at radius 2 is 1.25 bits per heavy atom. The fourth-order valence-electron chi connectivity index (χ4n) is 2.72. The molecule has 1 aromatic rings. The minimum atomic E-state index is -0.118. The molecule has 0 spiro atoms. The molecule has 0 bridgehead atoms. The van der Waals surface area contributed by atoms with Crippen molar-refractivity contribution in [1.82, 2.24) is 0 Å². The maximum absolute atomic E-state index is 11.7. The van der Waals surface area contributed by atoms with Gasteiger partial charge in [0.25, 0.3) is 0 Å². The number of ketones is 2. The molecule has 2 aliphatic carbocycles. The molecule has 2 heteroatoms. The molecule has 0 fully saturated rings. The molecule has 2 aliphatic rings. The Labute approximate surface area is 94.0 Å². The molecule has 0 radical (unpaired) electrons. The van der Waals surface area contributed by atoms with E-state index in [1.807, 2.05) is 12.1 Å². The van der Waals surface area contributed by atoms with Crippen LogP contribution in [-0.4, -0.2) is 11.6 Å². The van der Waals surface area contributed by atoms with E-state index in [0.717, 1.165) is 12.8 Å². The molecule has 0 aliphatic heterocycles. The summed E-state index contributed by atoms with van der Waals surface area (Å²) in [5.74, 6) is -0.0157. The largest absolute Gasteiger partial charge is 0.295 e. The van der Waals surface area contributed by atoms with Crippen molar-refractivity contribution in [3.8, 4) is 0 Å². The first-order valence-electron chi connectivity index (χ1n) is 5.58. The summed E-state index contributed by atoms with van der Waals surface area (Å²) in [6.07, 6.45) is 4.32. The molecule has 0 saturated carbocycles. The Bertz CT molecular complexity index is 454. The lowest BCUT2D eigenvalue weighted by Gasteiger charge is -2.31. The average molecular weight is 212 g/mol. The van der Waals surface area contributed by atoms with Crippen LogP contribution in [0.5, 0.6) is 0 Å². The summed E-state index contributed by atoms with van der Waals surface area (Å²) in [5, 5.41) is 0. The van der Waals surface area contributed by atoms with Crippen molar-refractivity contribution in [3.05, 3.63) is 47.5 Å². The molecule has 0 unspecified atom stereocenters. The number of hydrogen-bond acceptors (Lipinski definition) is 2. The van der Waals surface area contributed by atoms with Crippen molar-refractivity contribution in [2.75, 3.05) is 0 Å². The molecule has 0 aromatic heterocycles. The standard InChI is InChI=1S/C14H12O2/c15-13-5-6-14(16)12-8-10-4-2-1-3-9(10)7-11(12)13/h1-6,11-12H,7-8H2/t11-,12-/m1/s1. The van der Waals surface area contributed by atoms with Crippen LogP contribution in [0.4, 0.5) is 0 Å². The molecule has 0 saturated heterocycles. The third kappa shape index (κ3) is 1.33. The second kappa shape index (κ2) is 3.41. The van der Waals surface area contributed by atoms with E-state index in [9.17, 15) is 9.59 Å². The monoisotopic (exact) mass is 212 g/mol. The van der Waals surface area contributed by atoms with Crippen LogP contribution in [-0.2, 0) is 22.4 Å². The van der Waals surface area contributed by atoms with Gasteiger partial charge in [-0.2, -0.15) is 0 Å². The maximum Gasteiger partial charge on any atom is 0.159 e. The summed E-state index contributed by atoms with van der Waals surface area (Å²) in [6.45, 7) is 0. The van der Waals surface area contributed by atoms with Crippen LogP contribution >= 0.6 is 0 Å². The van der Waals surface area contributed by atoms with Gasteiger partial charge in [-0.05, 0) is 36.1 Å². The van der Waals surface area contributed by atoms with Crippen molar-refractivity contribution in [3.63, 3.8) is 0 Å². The summed E-state index contributed by atoms with van der Waals surface area (Å²) in [5.41, 5.74) is 2.44. The highest BCUT2D eigenvalue weighted by atomic mass is 16.1. The molecule has 3 rings (SSSR count). The minimum absolute atomic E-state index is 0.110. The SMILES string of the molecule is O=C1C=CC(=O)[C@@H]2Cc3ccccc3C[C@@H]12. The molecular weight excluding hydrogens is 200 g/mol. The fraction of sp³-hybridized carbons (Fsp3) is 0.286. The first kappa shape index (κ1) is 9.52. The Hall–Kier alpha value is -1.70. The summed E-state index contributed by atoms with van der Waals surface area (Å²) in [6, 6.07) is 8.09. The average Bonchev–Trinajstić information content (AvgIpc) is 2.32. The molecule has 80 valence electrons. The zero-order valence-electron chi connectivity index (χ0n) is 8.85. The van der Waals surface area contributed by atoms with E-state index in [1.54, 1.807) is 0 Å². The van der Waals surface area contributed by atoms with Crippen LogP contribution in [0, 0.1) is 11.8 Å². The van der Waals surface area contributed by atoms with Crippen LogP contribution in [0.1, 0.15) is 11.1 Å². The van der Waals surface area contributed by atoms with Gasteiger partial charge in [0.1, 0.15) is 0 Å². The number of carbonyl (C=O) groups excluding carboxylic acids is 2. The Balaban J connectivity index is 2.04. The van der Waals surface area contributed by atoms with E-state index in [0.29, 0.717) is 0 Å². The van der Waals surface area contributed by atoms with E-state index in [2.05, 4.69) is 12.1 Å². The van der Waals surface area contributed by atoms with Gasteiger partial charge in [0.05, 0.1) is 0 Å². The molecule has 2 nitrogen and oxygen atoms in total. The highest BCUT2D eigenvalue weighted by Gasteiger charge is 2.38. The molecule has 2 atom stereocenters. The fourth-order valence-corrected chi connectivity index (χ4v) is 2.72. The van der Waals surface area contributed by atoms with Gasteiger partial charge in [-0.3, -0.25) is 9.59 Å². The van der Waals surface area contributed by atoms with E-state index >= 15 is 0 Å². The van der Waals surface area contributed by atoms with Gasteiger partial charge in [-0.25, -0.2) is 0 Å². The quantitative estimate of drug-likeness (QED) is 0.656. The molecule has 1 aromatic carbocycles. The van der Waals surface area contributed by atoms with Crippen molar-refractivity contribution >= 4 is 11.6 Å². The van der Waals surface area contributed by atoms with E-state index < -0.39 is 0 Å². The van der Waals surface area contributed by atoms with Crippen molar-refractivity contribution in [2.24, 2.45) is 11.8 Å². The van der Waals surface area contributed by atoms with Gasteiger partial charge in [-0.15, -0.1) is 0 Å². The van der Waals surface area contributed by atoms with Crippen molar-refractivity contribution in [2.45, 2.75) is 12.8 Å². The second-order valence-electron chi connectivity index (χ2n) is 4.53. The summed E-state index contributed by atoms with van der Waals surface area (Å²) in [7, 11) is 0. The molecule has 0 amide bonds. The predicted octanol–water partition coefficient (Wildman–Crippen LogP) is 1.73. The molecule has 0 heterocycles. The van der Waals surface area contributed by atoms with Crippen molar-refractivity contribution < 1.29 is 9.59 Å². The molecule has 0 N–H and O–H groups in total. The lowest BCUT2D eigenvalue weighted by molar-refractivity contribution is -0.129. The maximum atomic E-state index is 11.7. The number of carbonyl (C=O) groups is 2. The van der Waals surface area contributed by atoms with Gasteiger partial charge in [0, 0.05) is 11.8 Å². The number of allylic oxidation sites excluding steroid dienone is 2. The lowest BCUT2D eigenvalue weighted by atomic mass is 9.70. The highest BCUT2D eigenvalue weighted by Crippen LogP contribution is 2.33. The molecular formula is C14H12O2. The first-order chi connectivity index (χ1) is 7.75. The second-order valence-corrected chi connectivity index (χ2v) is 4.53. The predicted molar refractivity (Wildman–Crippen MR) is 60.0 cm³/mol. The Morgan fingerprint density at radius 3 is 1.69 bits per heavy atom. The highest BCUT2D eigenvalue weighted by molar-refractivity contribution is 6.07. The van der Waals surface area contributed by atoms with E-state index in [-0.39, 0.29) is 23.4 Å². The zero-order valence-corrected chi connectivity index (χ0v) is 8.85. The van der Waals surface area contributed by atoms with Gasteiger partial charge in [-0.1, -0.05) is 24.3 Å². The van der Waals surface area contributed by atoms with E-state index in [4.69, 9.17) is 0 Å². The van der Waals surface area contributed by atoms with Gasteiger partial charge in [0.15, 0.2) is 11.6 Å². The summed E-state index contributed by atoms with van der Waals surface area (Å²) in [4.78, 5) is 23.5. The van der Waals surface area contributed by atoms with Gasteiger partial charge < -0.3 is 0 Å². The van der Waals surface area contributed by atoms with Crippen LogP contribution in [0.15, 0.2) is 36.4 Å². The van der Waals surface area contributed by atoms with Crippen molar-refractivity contribution in [1.29, 1.82) is 0 Å². The Morgan fingerprint density at radius 1 is 0.812 bits per heavy atom. The third-order valence-corrected chi connectivity index (χ3v) is 3.63. The first-order valence-corrected chi connectivity index (χ1v) is 5.58. The normalized spacial score (nSPS) is 27.5. The van der Waals surface area contributed by atoms with Gasteiger partial charge >= 0.3 is 0 Å². The Kier molecular flexibility index (Phi) is 2.03. The van der Waals surface area contributed by atoms with Crippen LogP contribution in [0.25, 0.3) is 0 Å². The van der Waals surface area contributed by atoms with Crippen LogP contribution in [0.3, 0.4) is 0 Å².